The number of aromatic nitrogens is 2. The first-order valence-electron chi connectivity index (χ1n) is 7.26. The molecule has 0 radical (unpaired) electrons. The van der Waals surface area contributed by atoms with Crippen LogP contribution < -0.4 is 5.32 Å². The molecule has 5 heteroatoms. The van der Waals surface area contributed by atoms with Crippen LogP contribution in [0.1, 0.15) is 30.8 Å². The predicted octanol–water partition coefficient (Wildman–Crippen LogP) is 3.88. The van der Waals surface area contributed by atoms with Crippen molar-refractivity contribution >= 4 is 17.3 Å². The van der Waals surface area contributed by atoms with E-state index in [1.54, 1.807) is 7.11 Å². The zero-order chi connectivity index (χ0) is 15.2. The number of rotatable bonds is 7. The highest BCUT2D eigenvalue weighted by Crippen LogP contribution is 2.24. The van der Waals surface area contributed by atoms with Crippen molar-refractivity contribution in [2.45, 2.75) is 40.0 Å². The van der Waals surface area contributed by atoms with Gasteiger partial charge >= 0.3 is 0 Å². The third-order valence-electron chi connectivity index (χ3n) is 3.46. The number of ether oxygens (including phenoxy) is 1. The lowest BCUT2D eigenvalue weighted by Crippen LogP contribution is -2.09. The Morgan fingerprint density at radius 2 is 2.05 bits per heavy atom. The smallest absolute Gasteiger partial charge is 0.0868 e. The first-order valence-corrected chi connectivity index (χ1v) is 7.63. The topological polar surface area (TPSA) is 39.1 Å². The van der Waals surface area contributed by atoms with E-state index < -0.39 is 0 Å². The molecule has 1 heterocycles. The normalized spacial score (nSPS) is 10.9. The Morgan fingerprint density at radius 3 is 2.71 bits per heavy atom. The van der Waals surface area contributed by atoms with Gasteiger partial charge in [-0.2, -0.15) is 5.10 Å². The van der Waals surface area contributed by atoms with Crippen LogP contribution in [0.25, 0.3) is 0 Å². The van der Waals surface area contributed by atoms with E-state index >= 15 is 0 Å². The zero-order valence-electron chi connectivity index (χ0n) is 12.8. The maximum atomic E-state index is 6.43. The molecule has 0 spiro atoms. The third-order valence-corrected chi connectivity index (χ3v) is 3.89. The molecular weight excluding hydrogens is 286 g/mol. The van der Waals surface area contributed by atoms with Gasteiger partial charge in [-0.15, -0.1) is 0 Å². The van der Waals surface area contributed by atoms with Gasteiger partial charge in [0.1, 0.15) is 0 Å². The first-order chi connectivity index (χ1) is 10.2. The summed E-state index contributed by atoms with van der Waals surface area (Å²) in [5, 5.41) is 8.75. The van der Waals surface area contributed by atoms with Crippen LogP contribution in [0, 0.1) is 0 Å². The van der Waals surface area contributed by atoms with Gasteiger partial charge in [0.2, 0.25) is 0 Å². The van der Waals surface area contributed by atoms with E-state index in [2.05, 4.69) is 36.4 Å². The van der Waals surface area contributed by atoms with Crippen molar-refractivity contribution in [2.75, 3.05) is 12.4 Å². The molecule has 2 rings (SSSR count). The van der Waals surface area contributed by atoms with Gasteiger partial charge in [0.15, 0.2) is 0 Å². The molecular formula is C16H22ClN3O. The van der Waals surface area contributed by atoms with Gasteiger partial charge in [0.05, 0.1) is 29.6 Å². The van der Waals surface area contributed by atoms with Crippen molar-refractivity contribution in [3.05, 3.63) is 46.2 Å². The average molecular weight is 308 g/mol. The highest BCUT2D eigenvalue weighted by atomic mass is 35.5. The second kappa shape index (κ2) is 7.48. The maximum absolute atomic E-state index is 6.43. The van der Waals surface area contributed by atoms with Gasteiger partial charge in [0, 0.05) is 24.9 Å². The van der Waals surface area contributed by atoms with Gasteiger partial charge in [-0.1, -0.05) is 36.7 Å². The number of nitrogens with zero attached hydrogens (tertiary/aromatic N) is 2. The van der Waals surface area contributed by atoms with Crippen LogP contribution in [0.4, 0.5) is 5.69 Å². The van der Waals surface area contributed by atoms with E-state index in [-0.39, 0.29) is 0 Å². The summed E-state index contributed by atoms with van der Waals surface area (Å²) >= 11 is 6.43. The molecule has 114 valence electrons. The number of halogens is 1. The lowest BCUT2D eigenvalue weighted by Gasteiger charge is -2.12. The number of hydrogen-bond acceptors (Lipinski definition) is 3. The fraction of sp³-hybridized carbons (Fsp3) is 0.438. The molecule has 0 aliphatic rings. The van der Waals surface area contributed by atoms with Crippen molar-refractivity contribution in [1.29, 1.82) is 0 Å². The van der Waals surface area contributed by atoms with Crippen molar-refractivity contribution in [3.63, 3.8) is 0 Å². The molecule has 0 aliphatic heterocycles. The molecule has 21 heavy (non-hydrogen) atoms. The van der Waals surface area contributed by atoms with E-state index in [0.717, 1.165) is 40.6 Å². The summed E-state index contributed by atoms with van der Waals surface area (Å²) in [5.41, 5.74) is 4.19. The van der Waals surface area contributed by atoms with Crippen molar-refractivity contribution < 1.29 is 4.74 Å². The zero-order valence-corrected chi connectivity index (χ0v) is 13.6. The summed E-state index contributed by atoms with van der Waals surface area (Å²) in [6.07, 6.45) is 0.846. The van der Waals surface area contributed by atoms with Crippen molar-refractivity contribution in [2.24, 2.45) is 0 Å². The SMILES string of the molecule is CCc1nn(CC)c(CNc2ccccc2COC)c1Cl. The summed E-state index contributed by atoms with van der Waals surface area (Å²) in [6, 6.07) is 8.13. The Hall–Kier alpha value is -1.52. The fourth-order valence-electron chi connectivity index (χ4n) is 2.34. The van der Waals surface area contributed by atoms with Gasteiger partial charge in [0.25, 0.3) is 0 Å². The van der Waals surface area contributed by atoms with E-state index in [1.807, 2.05) is 16.8 Å². The van der Waals surface area contributed by atoms with Gasteiger partial charge in [-0.25, -0.2) is 0 Å². The Morgan fingerprint density at radius 1 is 1.29 bits per heavy atom. The molecule has 0 unspecified atom stereocenters. The molecule has 1 aromatic carbocycles. The van der Waals surface area contributed by atoms with Crippen LogP contribution >= 0.6 is 11.6 Å². The summed E-state index contributed by atoms with van der Waals surface area (Å²) in [7, 11) is 1.70. The summed E-state index contributed by atoms with van der Waals surface area (Å²) in [5.74, 6) is 0. The van der Waals surface area contributed by atoms with E-state index in [9.17, 15) is 0 Å². The van der Waals surface area contributed by atoms with Crippen molar-refractivity contribution in [3.8, 4) is 0 Å². The molecule has 0 saturated heterocycles. The van der Waals surface area contributed by atoms with Gasteiger partial charge < -0.3 is 10.1 Å². The Labute approximate surface area is 131 Å². The molecule has 0 aliphatic carbocycles. The Kier molecular flexibility index (Phi) is 5.65. The number of nitrogens with one attached hydrogen (secondary N) is 1. The minimum Gasteiger partial charge on any atom is -0.380 e. The highest BCUT2D eigenvalue weighted by Gasteiger charge is 2.14. The van der Waals surface area contributed by atoms with Crippen LogP contribution in [0.3, 0.4) is 0 Å². The lowest BCUT2D eigenvalue weighted by molar-refractivity contribution is 0.185. The number of aryl methyl sites for hydroxylation is 2. The summed E-state index contributed by atoms with van der Waals surface area (Å²) in [6.45, 7) is 6.20. The molecule has 0 fully saturated rings. The second-order valence-corrected chi connectivity index (χ2v) is 5.20. The molecule has 0 atom stereocenters. The molecule has 1 N–H and O–H groups in total. The lowest BCUT2D eigenvalue weighted by atomic mass is 10.2. The van der Waals surface area contributed by atoms with Crippen LogP contribution in [-0.4, -0.2) is 16.9 Å². The number of para-hydroxylation sites is 1. The number of hydrogen-bond donors (Lipinski definition) is 1. The van der Waals surface area contributed by atoms with Gasteiger partial charge in [-0.05, 0) is 19.4 Å². The second-order valence-electron chi connectivity index (χ2n) is 4.82. The minimum absolute atomic E-state index is 0.587. The number of anilines is 1. The highest BCUT2D eigenvalue weighted by molar-refractivity contribution is 6.31. The number of methoxy groups -OCH3 is 1. The Balaban J connectivity index is 2.18. The number of benzene rings is 1. The summed E-state index contributed by atoms with van der Waals surface area (Å²) < 4.78 is 7.19. The standard InChI is InChI=1S/C16H22ClN3O/c1-4-13-16(17)15(20(5-2)19-13)10-18-14-9-7-6-8-12(14)11-21-3/h6-9,18H,4-5,10-11H2,1-3H3. The largest absolute Gasteiger partial charge is 0.380 e. The maximum Gasteiger partial charge on any atom is 0.0868 e. The molecule has 4 nitrogen and oxygen atoms in total. The molecule has 0 saturated carbocycles. The summed E-state index contributed by atoms with van der Waals surface area (Å²) in [4.78, 5) is 0. The van der Waals surface area contributed by atoms with Crippen LogP contribution in [0.2, 0.25) is 5.02 Å². The molecule has 0 amide bonds. The fourth-order valence-corrected chi connectivity index (χ4v) is 2.68. The molecule has 2 aromatic rings. The first kappa shape index (κ1) is 15.9. The third kappa shape index (κ3) is 3.57. The average Bonchev–Trinajstić information content (AvgIpc) is 2.82. The monoisotopic (exact) mass is 307 g/mol. The van der Waals surface area contributed by atoms with Crippen LogP contribution in [-0.2, 0) is 30.9 Å². The van der Waals surface area contributed by atoms with E-state index in [0.29, 0.717) is 13.2 Å². The Bertz CT molecular complexity index is 595. The van der Waals surface area contributed by atoms with E-state index in [4.69, 9.17) is 16.3 Å². The minimum atomic E-state index is 0.587. The quantitative estimate of drug-likeness (QED) is 0.844. The van der Waals surface area contributed by atoms with E-state index in [1.165, 1.54) is 0 Å². The molecule has 1 aromatic heterocycles. The molecule has 0 bridgehead atoms. The van der Waals surface area contributed by atoms with Crippen molar-refractivity contribution in [1.82, 2.24) is 9.78 Å². The van der Waals surface area contributed by atoms with Gasteiger partial charge in [-0.3, -0.25) is 4.68 Å². The predicted molar refractivity (Wildman–Crippen MR) is 86.8 cm³/mol. The van der Waals surface area contributed by atoms with Crippen LogP contribution in [0.15, 0.2) is 24.3 Å². The van der Waals surface area contributed by atoms with Crippen LogP contribution in [0.5, 0.6) is 0 Å².